The Morgan fingerprint density at radius 1 is 1.21 bits per heavy atom. The van der Waals surface area contributed by atoms with Gasteiger partial charge in [0.1, 0.15) is 0 Å². The molecule has 0 bridgehead atoms. The van der Waals surface area contributed by atoms with Crippen molar-refractivity contribution in [2.24, 2.45) is 0 Å². The summed E-state index contributed by atoms with van der Waals surface area (Å²) in [6, 6.07) is 3.81. The molecule has 0 saturated heterocycles. The lowest BCUT2D eigenvalue weighted by Crippen LogP contribution is -1.99. The Labute approximate surface area is 78.4 Å². The average molecular weight is 186 g/mol. The van der Waals surface area contributed by atoms with E-state index in [1.807, 2.05) is 12.1 Å². The SMILES string of the molecule is Nc1ncc2ccc3cnnn3c2n1. The number of pyridine rings is 1. The summed E-state index contributed by atoms with van der Waals surface area (Å²) < 4.78 is 1.63. The Balaban J connectivity index is 2.60. The van der Waals surface area contributed by atoms with E-state index in [-0.39, 0.29) is 5.95 Å². The summed E-state index contributed by atoms with van der Waals surface area (Å²) in [5.41, 5.74) is 7.06. The molecule has 0 atom stereocenters. The van der Waals surface area contributed by atoms with E-state index in [9.17, 15) is 0 Å². The molecule has 0 aliphatic carbocycles. The number of fused-ring (bicyclic) bond motifs is 3. The summed E-state index contributed by atoms with van der Waals surface area (Å²) in [4.78, 5) is 8.01. The fourth-order valence-electron chi connectivity index (χ4n) is 1.38. The minimum Gasteiger partial charge on any atom is -0.368 e. The molecule has 0 radical (unpaired) electrons. The number of nitrogen functional groups attached to an aromatic ring is 1. The first-order valence-electron chi connectivity index (χ1n) is 4.06. The minimum atomic E-state index is 0.237. The van der Waals surface area contributed by atoms with Crippen molar-refractivity contribution in [1.82, 2.24) is 24.8 Å². The van der Waals surface area contributed by atoms with E-state index in [0.717, 1.165) is 10.9 Å². The highest BCUT2D eigenvalue weighted by molar-refractivity contribution is 5.78. The summed E-state index contributed by atoms with van der Waals surface area (Å²) in [5.74, 6) is 0.237. The van der Waals surface area contributed by atoms with Crippen LogP contribution in [-0.2, 0) is 0 Å². The lowest BCUT2D eigenvalue weighted by Gasteiger charge is -1.99. The fourth-order valence-corrected chi connectivity index (χ4v) is 1.38. The Hall–Kier alpha value is -2.24. The lowest BCUT2D eigenvalue weighted by molar-refractivity contribution is 0.871. The van der Waals surface area contributed by atoms with Crippen LogP contribution in [0, 0.1) is 0 Å². The van der Waals surface area contributed by atoms with E-state index in [1.54, 1.807) is 16.9 Å². The second-order valence-corrected chi connectivity index (χ2v) is 2.91. The molecule has 0 spiro atoms. The molecule has 2 N–H and O–H groups in total. The van der Waals surface area contributed by atoms with Crippen molar-refractivity contribution in [3.63, 3.8) is 0 Å². The van der Waals surface area contributed by atoms with Crippen molar-refractivity contribution in [1.29, 1.82) is 0 Å². The van der Waals surface area contributed by atoms with E-state index >= 15 is 0 Å². The molecule has 3 aromatic heterocycles. The van der Waals surface area contributed by atoms with Crippen LogP contribution in [0.2, 0.25) is 0 Å². The molecule has 0 saturated carbocycles. The molecule has 0 amide bonds. The zero-order valence-corrected chi connectivity index (χ0v) is 7.12. The second kappa shape index (κ2) is 2.38. The van der Waals surface area contributed by atoms with Gasteiger partial charge in [-0.1, -0.05) is 5.21 Å². The number of nitrogens with two attached hydrogens (primary N) is 1. The molecule has 14 heavy (non-hydrogen) atoms. The summed E-state index contributed by atoms with van der Waals surface area (Å²) >= 11 is 0. The van der Waals surface area contributed by atoms with E-state index in [2.05, 4.69) is 20.3 Å². The number of nitrogens with zero attached hydrogens (tertiary/aromatic N) is 5. The molecule has 68 valence electrons. The molecule has 0 aliphatic heterocycles. The maximum absolute atomic E-state index is 5.50. The Bertz CT molecular complexity index is 613. The Morgan fingerprint density at radius 3 is 3.07 bits per heavy atom. The predicted octanol–water partition coefficient (Wildman–Crippen LogP) is 0.255. The number of aromatic nitrogens is 5. The largest absolute Gasteiger partial charge is 0.368 e. The molecule has 3 heterocycles. The third-order valence-electron chi connectivity index (χ3n) is 2.02. The van der Waals surface area contributed by atoms with E-state index in [4.69, 9.17) is 5.73 Å². The molecule has 0 fully saturated rings. The van der Waals surface area contributed by atoms with Gasteiger partial charge in [-0.2, -0.15) is 9.50 Å². The smallest absolute Gasteiger partial charge is 0.222 e. The molecule has 0 aliphatic rings. The van der Waals surface area contributed by atoms with Crippen molar-refractivity contribution < 1.29 is 0 Å². The summed E-state index contributed by atoms with van der Waals surface area (Å²) in [5, 5.41) is 8.59. The minimum absolute atomic E-state index is 0.237. The Kier molecular flexibility index (Phi) is 1.22. The molecule has 3 rings (SSSR count). The standard InChI is InChI=1S/C8H6N6/c9-8-10-3-5-1-2-6-4-11-13-14(6)7(5)12-8/h1-4H,(H2,9,10,12). The van der Waals surface area contributed by atoms with Crippen molar-refractivity contribution in [2.45, 2.75) is 0 Å². The van der Waals surface area contributed by atoms with Gasteiger partial charge in [0.25, 0.3) is 0 Å². The highest BCUT2D eigenvalue weighted by Crippen LogP contribution is 2.12. The molecule has 6 nitrogen and oxygen atoms in total. The van der Waals surface area contributed by atoms with Crippen LogP contribution in [-0.4, -0.2) is 24.8 Å². The molecule has 3 aromatic rings. The van der Waals surface area contributed by atoms with E-state index in [1.165, 1.54) is 0 Å². The normalized spacial score (nSPS) is 11.1. The summed E-state index contributed by atoms with van der Waals surface area (Å²) in [7, 11) is 0. The van der Waals surface area contributed by atoms with E-state index in [0.29, 0.717) is 5.65 Å². The van der Waals surface area contributed by atoms with Gasteiger partial charge in [-0.3, -0.25) is 0 Å². The van der Waals surface area contributed by atoms with Crippen LogP contribution in [0.1, 0.15) is 0 Å². The predicted molar refractivity (Wildman–Crippen MR) is 50.5 cm³/mol. The van der Waals surface area contributed by atoms with Gasteiger partial charge in [0, 0.05) is 11.6 Å². The third-order valence-corrected chi connectivity index (χ3v) is 2.02. The monoisotopic (exact) mass is 186 g/mol. The quantitative estimate of drug-likeness (QED) is 0.544. The maximum Gasteiger partial charge on any atom is 0.222 e. The number of hydrogen-bond donors (Lipinski definition) is 1. The van der Waals surface area contributed by atoms with Crippen LogP contribution in [0.4, 0.5) is 5.95 Å². The lowest BCUT2D eigenvalue weighted by atomic mass is 10.3. The highest BCUT2D eigenvalue weighted by atomic mass is 15.4. The van der Waals surface area contributed by atoms with Gasteiger partial charge in [-0.15, -0.1) is 5.10 Å². The molecule has 0 aromatic carbocycles. The van der Waals surface area contributed by atoms with Crippen LogP contribution in [0.15, 0.2) is 24.5 Å². The highest BCUT2D eigenvalue weighted by Gasteiger charge is 2.03. The first-order chi connectivity index (χ1) is 6.84. The van der Waals surface area contributed by atoms with Gasteiger partial charge in [0.15, 0.2) is 5.65 Å². The van der Waals surface area contributed by atoms with Crippen molar-refractivity contribution in [3.8, 4) is 0 Å². The summed E-state index contributed by atoms with van der Waals surface area (Å²) in [6.07, 6.45) is 3.33. The first-order valence-corrected chi connectivity index (χ1v) is 4.06. The number of hydrogen-bond acceptors (Lipinski definition) is 5. The van der Waals surface area contributed by atoms with Gasteiger partial charge in [0.05, 0.1) is 11.7 Å². The van der Waals surface area contributed by atoms with Gasteiger partial charge >= 0.3 is 0 Å². The third kappa shape index (κ3) is 0.846. The van der Waals surface area contributed by atoms with Crippen LogP contribution < -0.4 is 5.73 Å². The Morgan fingerprint density at radius 2 is 2.14 bits per heavy atom. The molecular weight excluding hydrogens is 180 g/mol. The topological polar surface area (TPSA) is 82.0 Å². The molecule has 0 unspecified atom stereocenters. The van der Waals surface area contributed by atoms with Gasteiger partial charge in [-0.25, -0.2) is 4.98 Å². The van der Waals surface area contributed by atoms with Crippen LogP contribution >= 0.6 is 0 Å². The summed E-state index contributed by atoms with van der Waals surface area (Å²) in [6.45, 7) is 0. The average Bonchev–Trinajstić information content (AvgIpc) is 2.65. The fraction of sp³-hybridized carbons (Fsp3) is 0. The van der Waals surface area contributed by atoms with E-state index < -0.39 is 0 Å². The zero-order valence-electron chi connectivity index (χ0n) is 7.12. The first kappa shape index (κ1) is 7.19. The van der Waals surface area contributed by atoms with Crippen molar-refractivity contribution >= 4 is 22.5 Å². The maximum atomic E-state index is 5.50. The van der Waals surface area contributed by atoms with Gasteiger partial charge < -0.3 is 5.73 Å². The molecule has 6 heteroatoms. The number of anilines is 1. The zero-order chi connectivity index (χ0) is 9.54. The van der Waals surface area contributed by atoms with Crippen molar-refractivity contribution in [2.75, 3.05) is 5.73 Å². The van der Waals surface area contributed by atoms with Crippen LogP contribution in [0.3, 0.4) is 0 Å². The van der Waals surface area contributed by atoms with Gasteiger partial charge in [0.2, 0.25) is 5.95 Å². The van der Waals surface area contributed by atoms with Crippen LogP contribution in [0.5, 0.6) is 0 Å². The molecular formula is C8H6N6. The number of rotatable bonds is 0. The second-order valence-electron chi connectivity index (χ2n) is 2.91. The van der Waals surface area contributed by atoms with Crippen molar-refractivity contribution in [3.05, 3.63) is 24.5 Å². The van der Waals surface area contributed by atoms with Gasteiger partial charge in [-0.05, 0) is 12.1 Å². The van der Waals surface area contributed by atoms with Crippen LogP contribution in [0.25, 0.3) is 16.6 Å².